The van der Waals surface area contributed by atoms with Crippen LogP contribution in [0.2, 0.25) is 5.02 Å². The molecule has 0 aromatic heterocycles. The van der Waals surface area contributed by atoms with Gasteiger partial charge in [-0.1, -0.05) is 23.7 Å². The molecule has 0 spiro atoms. The molecule has 114 valence electrons. The molecular formula is C14H16ClNO3S2. The van der Waals surface area contributed by atoms with Crippen molar-refractivity contribution in [2.24, 2.45) is 0 Å². The minimum Gasteiger partial charge on any atom is -0.480 e. The summed E-state index contributed by atoms with van der Waals surface area (Å²) in [6, 6.07) is 6.80. The quantitative estimate of drug-likeness (QED) is 0.889. The second-order valence-corrected chi connectivity index (χ2v) is 7.48. The average molecular weight is 346 g/mol. The molecule has 0 bridgehead atoms. The van der Waals surface area contributed by atoms with E-state index in [0.717, 1.165) is 5.56 Å². The summed E-state index contributed by atoms with van der Waals surface area (Å²) < 4.78 is 0. The van der Waals surface area contributed by atoms with Crippen molar-refractivity contribution < 1.29 is 14.7 Å². The van der Waals surface area contributed by atoms with Gasteiger partial charge in [-0.25, -0.2) is 4.79 Å². The fourth-order valence-electron chi connectivity index (χ4n) is 2.17. The highest BCUT2D eigenvalue weighted by molar-refractivity contribution is 8.00. The molecule has 21 heavy (non-hydrogen) atoms. The monoisotopic (exact) mass is 345 g/mol. The summed E-state index contributed by atoms with van der Waals surface area (Å²) in [6.45, 7) is 1.87. The molecule has 1 aromatic carbocycles. The standard InChI is InChI=1S/C14H16ClNO3S2/c1-9-16(12(7-21-9)14(18)19)13(17)8-20-6-10-3-2-4-11(15)5-10/h2-5,9,12H,6-8H2,1H3,(H,18,19). The molecule has 1 heterocycles. The molecule has 0 radical (unpaired) electrons. The van der Waals surface area contributed by atoms with Crippen LogP contribution in [0.1, 0.15) is 12.5 Å². The number of aliphatic carboxylic acids is 1. The van der Waals surface area contributed by atoms with E-state index in [4.69, 9.17) is 16.7 Å². The number of hydrogen-bond acceptors (Lipinski definition) is 4. The first-order chi connectivity index (χ1) is 9.99. The maximum atomic E-state index is 12.2. The van der Waals surface area contributed by atoms with Gasteiger partial charge < -0.3 is 10.0 Å². The first-order valence-corrected chi connectivity index (χ1v) is 9.05. The summed E-state index contributed by atoms with van der Waals surface area (Å²) in [5.74, 6) is 0.369. The predicted molar refractivity (Wildman–Crippen MR) is 87.8 cm³/mol. The molecule has 1 fully saturated rings. The average Bonchev–Trinajstić information content (AvgIpc) is 2.81. The number of hydrogen-bond donors (Lipinski definition) is 1. The van der Waals surface area contributed by atoms with Crippen molar-refractivity contribution in [2.45, 2.75) is 24.1 Å². The van der Waals surface area contributed by atoms with Gasteiger partial charge in [-0.15, -0.1) is 23.5 Å². The van der Waals surface area contributed by atoms with E-state index in [1.807, 2.05) is 31.2 Å². The van der Waals surface area contributed by atoms with E-state index in [9.17, 15) is 9.59 Å². The Morgan fingerprint density at radius 3 is 2.95 bits per heavy atom. The second-order valence-electron chi connectivity index (χ2n) is 4.71. The molecule has 2 unspecified atom stereocenters. The lowest BCUT2D eigenvalue weighted by atomic mass is 10.2. The van der Waals surface area contributed by atoms with Crippen molar-refractivity contribution in [1.82, 2.24) is 4.90 Å². The SMILES string of the molecule is CC1SCC(C(=O)O)N1C(=O)CSCc1cccc(Cl)c1. The Hall–Kier alpha value is -0.850. The Balaban J connectivity index is 1.88. The minimum atomic E-state index is -0.931. The van der Waals surface area contributed by atoms with Crippen LogP contribution in [0.15, 0.2) is 24.3 Å². The zero-order chi connectivity index (χ0) is 15.4. The Labute approximate surface area is 137 Å². The van der Waals surface area contributed by atoms with Crippen LogP contribution in [0.4, 0.5) is 0 Å². The third-order valence-corrected chi connectivity index (χ3v) is 5.62. The fourth-order valence-corrected chi connectivity index (χ4v) is 4.41. The number of nitrogens with zero attached hydrogens (tertiary/aromatic N) is 1. The summed E-state index contributed by atoms with van der Waals surface area (Å²) in [5, 5.41) is 9.75. The number of benzene rings is 1. The molecule has 1 aliphatic heterocycles. The third-order valence-electron chi connectivity index (χ3n) is 3.18. The van der Waals surface area contributed by atoms with Gasteiger partial charge in [0, 0.05) is 16.5 Å². The van der Waals surface area contributed by atoms with Crippen LogP contribution in [0.3, 0.4) is 0 Å². The van der Waals surface area contributed by atoms with E-state index in [-0.39, 0.29) is 17.0 Å². The molecule has 1 aromatic rings. The van der Waals surface area contributed by atoms with Crippen LogP contribution in [0, 0.1) is 0 Å². The van der Waals surface area contributed by atoms with Gasteiger partial charge in [0.25, 0.3) is 0 Å². The molecule has 4 nitrogen and oxygen atoms in total. The summed E-state index contributed by atoms with van der Waals surface area (Å²) in [4.78, 5) is 24.9. The lowest BCUT2D eigenvalue weighted by Gasteiger charge is -2.24. The highest BCUT2D eigenvalue weighted by Crippen LogP contribution is 2.29. The highest BCUT2D eigenvalue weighted by Gasteiger charge is 2.38. The van der Waals surface area contributed by atoms with E-state index >= 15 is 0 Å². The first-order valence-electron chi connectivity index (χ1n) is 6.47. The van der Waals surface area contributed by atoms with Gasteiger partial charge in [0.15, 0.2) is 0 Å². The van der Waals surface area contributed by atoms with E-state index in [0.29, 0.717) is 16.5 Å². The molecule has 0 saturated carbocycles. The Kier molecular flexibility index (Phi) is 5.84. The predicted octanol–water partition coefficient (Wildman–Crippen LogP) is 2.95. The fraction of sp³-hybridized carbons (Fsp3) is 0.429. The Morgan fingerprint density at radius 1 is 1.52 bits per heavy atom. The largest absolute Gasteiger partial charge is 0.480 e. The Bertz CT molecular complexity index is 541. The normalized spacial score (nSPS) is 21.5. The third kappa shape index (κ3) is 4.31. The minimum absolute atomic E-state index is 0.0784. The van der Waals surface area contributed by atoms with Crippen LogP contribution in [-0.4, -0.2) is 44.8 Å². The van der Waals surface area contributed by atoms with Crippen molar-refractivity contribution in [3.63, 3.8) is 0 Å². The number of carbonyl (C=O) groups excluding carboxylic acids is 1. The van der Waals surface area contributed by atoms with E-state index in [1.165, 1.54) is 28.4 Å². The van der Waals surface area contributed by atoms with Gasteiger partial charge in [-0.2, -0.15) is 0 Å². The smallest absolute Gasteiger partial charge is 0.327 e. The van der Waals surface area contributed by atoms with Crippen LogP contribution in [-0.2, 0) is 15.3 Å². The molecular weight excluding hydrogens is 330 g/mol. The molecule has 2 rings (SSSR count). The van der Waals surface area contributed by atoms with Crippen LogP contribution in [0.5, 0.6) is 0 Å². The molecule has 0 aliphatic carbocycles. The number of carboxylic acid groups (broad SMARTS) is 1. The Morgan fingerprint density at radius 2 is 2.29 bits per heavy atom. The lowest BCUT2D eigenvalue weighted by Crippen LogP contribution is -2.45. The molecule has 7 heteroatoms. The second kappa shape index (κ2) is 7.42. The molecule has 2 atom stereocenters. The van der Waals surface area contributed by atoms with Gasteiger partial charge in [-0.3, -0.25) is 4.79 Å². The zero-order valence-electron chi connectivity index (χ0n) is 11.5. The summed E-state index contributed by atoms with van der Waals surface area (Å²) in [7, 11) is 0. The topological polar surface area (TPSA) is 57.6 Å². The summed E-state index contributed by atoms with van der Waals surface area (Å²) in [5.41, 5.74) is 1.05. The maximum absolute atomic E-state index is 12.2. The van der Waals surface area contributed by atoms with Gasteiger partial charge in [-0.05, 0) is 24.6 Å². The summed E-state index contributed by atoms with van der Waals surface area (Å²) >= 11 is 8.88. The number of amides is 1. The van der Waals surface area contributed by atoms with Gasteiger partial charge >= 0.3 is 5.97 Å². The molecule has 1 saturated heterocycles. The van der Waals surface area contributed by atoms with E-state index in [1.54, 1.807) is 0 Å². The highest BCUT2D eigenvalue weighted by atomic mass is 35.5. The number of thioether (sulfide) groups is 2. The van der Waals surface area contributed by atoms with Crippen LogP contribution in [0.25, 0.3) is 0 Å². The van der Waals surface area contributed by atoms with Crippen molar-refractivity contribution in [2.75, 3.05) is 11.5 Å². The van der Waals surface area contributed by atoms with E-state index in [2.05, 4.69) is 0 Å². The number of carbonyl (C=O) groups is 2. The van der Waals surface area contributed by atoms with Gasteiger partial charge in [0.05, 0.1) is 11.1 Å². The number of carboxylic acids is 1. The molecule has 1 amide bonds. The van der Waals surface area contributed by atoms with Crippen molar-refractivity contribution in [1.29, 1.82) is 0 Å². The zero-order valence-corrected chi connectivity index (χ0v) is 13.9. The van der Waals surface area contributed by atoms with E-state index < -0.39 is 12.0 Å². The molecule has 1 N–H and O–H groups in total. The summed E-state index contributed by atoms with van der Waals surface area (Å²) in [6.07, 6.45) is 0. The number of rotatable bonds is 5. The van der Waals surface area contributed by atoms with Crippen molar-refractivity contribution in [3.8, 4) is 0 Å². The van der Waals surface area contributed by atoms with Gasteiger partial charge in [0.2, 0.25) is 5.91 Å². The van der Waals surface area contributed by atoms with Gasteiger partial charge in [0.1, 0.15) is 6.04 Å². The number of halogens is 1. The van der Waals surface area contributed by atoms with Crippen LogP contribution >= 0.6 is 35.1 Å². The maximum Gasteiger partial charge on any atom is 0.327 e. The lowest BCUT2D eigenvalue weighted by molar-refractivity contribution is -0.147. The first kappa shape index (κ1) is 16.5. The van der Waals surface area contributed by atoms with Crippen molar-refractivity contribution in [3.05, 3.63) is 34.9 Å². The van der Waals surface area contributed by atoms with Crippen molar-refractivity contribution >= 4 is 47.0 Å². The molecule has 1 aliphatic rings. The van der Waals surface area contributed by atoms with Crippen LogP contribution < -0.4 is 0 Å².